The molecule has 11 heavy (non-hydrogen) atoms. The third-order valence-corrected chi connectivity index (χ3v) is 0.999. The minimum absolute atomic E-state index is 0.500. The number of nitrogens with zero attached hydrogens (tertiary/aromatic N) is 2. The van der Waals surface area contributed by atoms with E-state index in [1.165, 1.54) is 0 Å². The minimum Gasteiger partial charge on any atom is -0.276 e. The topological polar surface area (TPSA) is 58.9 Å². The standard InChI is InChI=1S/C7H10N2O2/c10-6-8-4-2-1-3-5-9-7-11/h4-7H,1-3H2. The van der Waals surface area contributed by atoms with Crippen LogP contribution in [0.3, 0.4) is 0 Å². The Morgan fingerprint density at radius 1 is 0.909 bits per heavy atom. The molecule has 2 amide bonds. The average molecular weight is 154 g/mol. The lowest BCUT2D eigenvalue weighted by Gasteiger charge is -1.85. The van der Waals surface area contributed by atoms with Crippen LogP contribution in [0.25, 0.3) is 0 Å². The average Bonchev–Trinajstić information content (AvgIpc) is 2.03. The highest BCUT2D eigenvalue weighted by molar-refractivity contribution is 5.71. The summed E-state index contributed by atoms with van der Waals surface area (Å²) in [7, 11) is 0. The van der Waals surface area contributed by atoms with Crippen LogP contribution in [-0.4, -0.2) is 25.2 Å². The van der Waals surface area contributed by atoms with E-state index in [-0.39, 0.29) is 0 Å². The molecule has 0 aromatic heterocycles. The number of unbranched alkanes of at least 4 members (excludes halogenated alkanes) is 2. The highest BCUT2D eigenvalue weighted by Crippen LogP contribution is 1.88. The zero-order valence-electron chi connectivity index (χ0n) is 6.14. The lowest BCUT2D eigenvalue weighted by atomic mass is 10.3. The minimum atomic E-state index is 0.500. The van der Waals surface area contributed by atoms with Crippen LogP contribution in [0.15, 0.2) is 9.98 Å². The molecule has 60 valence electrons. The predicted octanol–water partition coefficient (Wildman–Crippen LogP) is 0.611. The third-order valence-electron chi connectivity index (χ3n) is 0.999. The van der Waals surface area contributed by atoms with Crippen LogP contribution >= 0.6 is 0 Å². The van der Waals surface area contributed by atoms with E-state index in [2.05, 4.69) is 9.98 Å². The monoisotopic (exact) mass is 154 g/mol. The van der Waals surface area contributed by atoms with Gasteiger partial charge in [-0.25, -0.2) is 9.98 Å². The molecule has 0 aromatic rings. The SMILES string of the molecule is O=CN=CCCCC=NC=O. The van der Waals surface area contributed by atoms with Gasteiger partial charge in [-0.2, -0.15) is 0 Å². The van der Waals surface area contributed by atoms with Crippen molar-refractivity contribution in [3.8, 4) is 0 Å². The number of carbonyl (C=O) groups excluding carboxylic acids is 2. The van der Waals surface area contributed by atoms with Crippen LogP contribution < -0.4 is 0 Å². The van der Waals surface area contributed by atoms with Gasteiger partial charge in [-0.3, -0.25) is 9.59 Å². The second kappa shape index (κ2) is 8.68. The molecular weight excluding hydrogens is 144 g/mol. The maximum atomic E-state index is 9.67. The Kier molecular flexibility index (Phi) is 7.64. The molecule has 0 saturated carbocycles. The van der Waals surface area contributed by atoms with Crippen molar-refractivity contribution in [1.29, 1.82) is 0 Å². The Balaban J connectivity index is 3.14. The van der Waals surface area contributed by atoms with E-state index in [1.54, 1.807) is 12.4 Å². The molecule has 4 heteroatoms. The van der Waals surface area contributed by atoms with Gasteiger partial charge in [-0.1, -0.05) is 0 Å². The number of rotatable bonds is 6. The summed E-state index contributed by atoms with van der Waals surface area (Å²) in [5.41, 5.74) is 0. The van der Waals surface area contributed by atoms with Gasteiger partial charge in [0.15, 0.2) is 0 Å². The largest absolute Gasteiger partial charge is 0.276 e. The van der Waals surface area contributed by atoms with Crippen LogP contribution in [0.1, 0.15) is 19.3 Å². The number of hydrogen-bond donors (Lipinski definition) is 0. The van der Waals surface area contributed by atoms with Gasteiger partial charge in [0.05, 0.1) is 0 Å². The van der Waals surface area contributed by atoms with E-state index in [4.69, 9.17) is 0 Å². The summed E-state index contributed by atoms with van der Waals surface area (Å²) in [5, 5.41) is 0. The van der Waals surface area contributed by atoms with Gasteiger partial charge in [0.25, 0.3) is 0 Å². The number of aliphatic imine (C=N–C) groups is 2. The molecule has 4 nitrogen and oxygen atoms in total. The molecule has 0 atom stereocenters. The van der Waals surface area contributed by atoms with Gasteiger partial charge < -0.3 is 0 Å². The molecule has 0 saturated heterocycles. The van der Waals surface area contributed by atoms with E-state index in [1.807, 2.05) is 0 Å². The molecule has 0 unspecified atom stereocenters. The molecule has 0 aliphatic heterocycles. The van der Waals surface area contributed by atoms with Crippen molar-refractivity contribution in [3.05, 3.63) is 0 Å². The molecule has 0 heterocycles. The lowest BCUT2D eigenvalue weighted by molar-refractivity contribution is -0.107. The number of carbonyl (C=O) groups is 2. The van der Waals surface area contributed by atoms with Gasteiger partial charge in [-0.15, -0.1) is 0 Å². The molecule has 0 bridgehead atoms. The van der Waals surface area contributed by atoms with E-state index in [9.17, 15) is 9.59 Å². The molecular formula is C7H10N2O2. The molecule has 0 aliphatic rings. The lowest BCUT2D eigenvalue weighted by Crippen LogP contribution is -1.80. The van der Waals surface area contributed by atoms with Crippen LogP contribution in [0, 0.1) is 0 Å². The van der Waals surface area contributed by atoms with E-state index in [0.717, 1.165) is 19.3 Å². The van der Waals surface area contributed by atoms with Gasteiger partial charge in [0, 0.05) is 12.4 Å². The van der Waals surface area contributed by atoms with Crippen molar-refractivity contribution in [2.24, 2.45) is 9.98 Å². The van der Waals surface area contributed by atoms with E-state index in [0.29, 0.717) is 12.8 Å². The van der Waals surface area contributed by atoms with Gasteiger partial charge in [0.2, 0.25) is 12.8 Å². The summed E-state index contributed by atoms with van der Waals surface area (Å²) in [5.74, 6) is 0. The number of amides is 2. The third kappa shape index (κ3) is 8.68. The van der Waals surface area contributed by atoms with Crippen LogP contribution in [0.2, 0.25) is 0 Å². The summed E-state index contributed by atoms with van der Waals surface area (Å²) >= 11 is 0. The molecule has 0 spiro atoms. The molecule has 0 fully saturated rings. The first kappa shape index (κ1) is 9.68. The van der Waals surface area contributed by atoms with Crippen LogP contribution in [-0.2, 0) is 9.59 Å². The Bertz CT molecular complexity index is 146. The highest BCUT2D eigenvalue weighted by atomic mass is 16.1. The highest BCUT2D eigenvalue weighted by Gasteiger charge is 1.80. The van der Waals surface area contributed by atoms with Crippen molar-refractivity contribution in [2.45, 2.75) is 19.3 Å². The Hall–Kier alpha value is -1.32. The van der Waals surface area contributed by atoms with Crippen molar-refractivity contribution < 1.29 is 9.59 Å². The smallest absolute Gasteiger partial charge is 0.232 e. The van der Waals surface area contributed by atoms with E-state index < -0.39 is 0 Å². The molecule has 0 radical (unpaired) electrons. The maximum Gasteiger partial charge on any atom is 0.232 e. The fourth-order valence-electron chi connectivity index (χ4n) is 0.536. The Morgan fingerprint density at radius 3 is 1.73 bits per heavy atom. The first-order chi connectivity index (χ1) is 5.41. The quantitative estimate of drug-likeness (QED) is 0.319. The number of hydrogen-bond acceptors (Lipinski definition) is 2. The normalized spacial score (nSPS) is 10.9. The second-order valence-corrected chi connectivity index (χ2v) is 1.81. The maximum absolute atomic E-state index is 9.67. The fourth-order valence-corrected chi connectivity index (χ4v) is 0.536. The predicted molar refractivity (Wildman–Crippen MR) is 43.0 cm³/mol. The zero-order chi connectivity index (χ0) is 8.36. The Morgan fingerprint density at radius 2 is 1.36 bits per heavy atom. The zero-order valence-corrected chi connectivity index (χ0v) is 6.14. The first-order valence-corrected chi connectivity index (χ1v) is 3.32. The van der Waals surface area contributed by atoms with Crippen molar-refractivity contribution in [1.82, 2.24) is 0 Å². The molecule has 0 aliphatic carbocycles. The van der Waals surface area contributed by atoms with Crippen molar-refractivity contribution in [3.63, 3.8) is 0 Å². The molecule has 0 N–H and O–H groups in total. The van der Waals surface area contributed by atoms with Gasteiger partial charge in [0.1, 0.15) is 0 Å². The summed E-state index contributed by atoms with van der Waals surface area (Å²) in [4.78, 5) is 26.1. The van der Waals surface area contributed by atoms with Crippen molar-refractivity contribution >= 4 is 25.2 Å². The van der Waals surface area contributed by atoms with Crippen LogP contribution in [0.4, 0.5) is 0 Å². The summed E-state index contributed by atoms with van der Waals surface area (Å²) in [6.07, 6.45) is 6.42. The molecule has 0 rings (SSSR count). The Labute approximate surface area is 65.0 Å². The van der Waals surface area contributed by atoms with Crippen LogP contribution in [0.5, 0.6) is 0 Å². The van der Waals surface area contributed by atoms with Gasteiger partial charge >= 0.3 is 0 Å². The summed E-state index contributed by atoms with van der Waals surface area (Å²) < 4.78 is 0. The summed E-state index contributed by atoms with van der Waals surface area (Å²) in [6, 6.07) is 0. The first-order valence-electron chi connectivity index (χ1n) is 3.32. The fraction of sp³-hybridized carbons (Fsp3) is 0.429. The van der Waals surface area contributed by atoms with E-state index >= 15 is 0 Å². The second-order valence-electron chi connectivity index (χ2n) is 1.81. The van der Waals surface area contributed by atoms with Gasteiger partial charge in [-0.05, 0) is 19.3 Å². The molecule has 0 aromatic carbocycles. The summed E-state index contributed by atoms with van der Waals surface area (Å²) in [6.45, 7) is 0. The van der Waals surface area contributed by atoms with Crippen molar-refractivity contribution in [2.75, 3.05) is 0 Å².